The summed E-state index contributed by atoms with van der Waals surface area (Å²) in [5.74, 6) is 0.291. The van der Waals surface area contributed by atoms with Gasteiger partial charge in [-0.3, -0.25) is 9.79 Å². The second kappa shape index (κ2) is 5.18. The van der Waals surface area contributed by atoms with Crippen LogP contribution in [0, 0.1) is 6.92 Å². The molecule has 0 unspecified atom stereocenters. The first-order chi connectivity index (χ1) is 8.72. The summed E-state index contributed by atoms with van der Waals surface area (Å²) in [4.78, 5) is 18.2. The fraction of sp³-hybridized carbons (Fsp3) is 0.600. The number of phosphoric acid groups is 1. The molecule has 0 aliphatic carbocycles. The van der Waals surface area contributed by atoms with Crippen molar-refractivity contribution < 1.29 is 18.9 Å². The van der Waals surface area contributed by atoms with Crippen molar-refractivity contribution in [1.82, 2.24) is 0 Å². The fourth-order valence-electron chi connectivity index (χ4n) is 2.00. The lowest BCUT2D eigenvalue weighted by molar-refractivity contribution is 0.280. The van der Waals surface area contributed by atoms with E-state index >= 15 is 0 Å². The highest BCUT2D eigenvalue weighted by atomic mass is 31.2. The maximum absolute atomic E-state index is 11.2. The van der Waals surface area contributed by atoms with Gasteiger partial charge in [0.1, 0.15) is 5.75 Å². The highest BCUT2D eigenvalue weighted by Crippen LogP contribution is 2.45. The average Bonchev–Trinajstić information content (AvgIpc) is 2.15. The Labute approximate surface area is 121 Å². The maximum Gasteiger partial charge on any atom is 0.524 e. The van der Waals surface area contributed by atoms with Crippen LogP contribution < -0.4 is 4.52 Å². The Balaban J connectivity index is 3.56. The monoisotopic (exact) mass is 300 g/mol. The van der Waals surface area contributed by atoms with Crippen molar-refractivity contribution in [2.75, 3.05) is 0 Å². The van der Waals surface area contributed by atoms with Crippen molar-refractivity contribution in [3.05, 3.63) is 28.8 Å². The SMILES string of the molecule is Cc1cc(C(C)(C)C)cc(C(C)(C)C)c1OP(=O)(O)O. The number of hydrogen-bond acceptors (Lipinski definition) is 2. The minimum Gasteiger partial charge on any atom is -0.404 e. The molecule has 0 heterocycles. The van der Waals surface area contributed by atoms with Gasteiger partial charge in [0.15, 0.2) is 0 Å². The summed E-state index contributed by atoms with van der Waals surface area (Å²) in [6, 6.07) is 3.91. The molecule has 5 heteroatoms. The standard InChI is InChI=1S/C15H25O4P/c1-10-8-11(14(2,3)4)9-12(15(5,6)7)13(10)19-20(16,17)18/h8-9H,1-7H3,(H2,16,17,18). The van der Waals surface area contributed by atoms with Gasteiger partial charge in [0.25, 0.3) is 0 Å². The summed E-state index contributed by atoms with van der Waals surface area (Å²) in [5, 5.41) is 0. The fourth-order valence-corrected chi connectivity index (χ4v) is 2.48. The van der Waals surface area contributed by atoms with Crippen LogP contribution in [0.4, 0.5) is 0 Å². The second-order valence-electron chi connectivity index (χ2n) is 7.25. The van der Waals surface area contributed by atoms with Crippen molar-refractivity contribution >= 4 is 7.82 Å². The number of phosphoric ester groups is 1. The molecule has 4 nitrogen and oxygen atoms in total. The molecule has 0 aliphatic rings. The predicted octanol–water partition coefficient (Wildman–Crippen LogP) is 4.06. The molecular formula is C15H25O4P. The first kappa shape index (κ1) is 17.2. The van der Waals surface area contributed by atoms with Crippen LogP contribution in [0.5, 0.6) is 5.75 Å². The van der Waals surface area contributed by atoms with Crippen molar-refractivity contribution in [2.45, 2.75) is 59.3 Å². The van der Waals surface area contributed by atoms with Crippen molar-refractivity contribution in [1.29, 1.82) is 0 Å². The molecule has 114 valence electrons. The van der Waals surface area contributed by atoms with E-state index in [0.29, 0.717) is 5.75 Å². The van der Waals surface area contributed by atoms with Crippen LogP contribution in [-0.2, 0) is 15.4 Å². The minimum atomic E-state index is -4.57. The maximum atomic E-state index is 11.2. The smallest absolute Gasteiger partial charge is 0.404 e. The lowest BCUT2D eigenvalue weighted by Crippen LogP contribution is -2.18. The summed E-state index contributed by atoms with van der Waals surface area (Å²) >= 11 is 0. The molecule has 0 bridgehead atoms. The lowest BCUT2D eigenvalue weighted by atomic mass is 9.79. The van der Waals surface area contributed by atoms with E-state index in [9.17, 15) is 4.57 Å². The third-order valence-electron chi connectivity index (χ3n) is 3.16. The Morgan fingerprint density at radius 3 is 1.85 bits per heavy atom. The molecule has 0 aliphatic heterocycles. The molecule has 20 heavy (non-hydrogen) atoms. The molecule has 1 aromatic carbocycles. The van der Waals surface area contributed by atoms with E-state index in [4.69, 9.17) is 14.3 Å². The highest BCUT2D eigenvalue weighted by molar-refractivity contribution is 7.46. The van der Waals surface area contributed by atoms with Gasteiger partial charge in [0, 0.05) is 5.56 Å². The summed E-state index contributed by atoms with van der Waals surface area (Å²) in [5.41, 5.74) is 2.37. The zero-order valence-corrected chi connectivity index (χ0v) is 14.2. The van der Waals surface area contributed by atoms with E-state index in [2.05, 4.69) is 20.8 Å². The van der Waals surface area contributed by atoms with E-state index in [1.165, 1.54) is 0 Å². The Morgan fingerprint density at radius 1 is 1.00 bits per heavy atom. The molecule has 0 saturated carbocycles. The minimum absolute atomic E-state index is 0.0363. The zero-order valence-electron chi connectivity index (χ0n) is 13.3. The molecule has 0 atom stereocenters. The number of hydrogen-bond donors (Lipinski definition) is 2. The van der Waals surface area contributed by atoms with E-state index in [0.717, 1.165) is 16.7 Å². The Kier molecular flexibility index (Phi) is 4.46. The quantitative estimate of drug-likeness (QED) is 0.808. The first-order valence-corrected chi connectivity index (χ1v) is 8.15. The van der Waals surface area contributed by atoms with Gasteiger partial charge in [-0.1, -0.05) is 53.7 Å². The molecule has 0 radical (unpaired) electrons. The Bertz CT molecular complexity index is 544. The molecule has 0 amide bonds. The number of aryl methyl sites for hydroxylation is 1. The number of rotatable bonds is 2. The second-order valence-corrected chi connectivity index (χ2v) is 8.42. The normalized spacial score (nSPS) is 13.4. The van der Waals surface area contributed by atoms with Crippen LogP contribution in [0.1, 0.15) is 58.2 Å². The molecule has 0 saturated heterocycles. The lowest BCUT2D eigenvalue weighted by Gasteiger charge is -2.28. The molecule has 1 rings (SSSR count). The van der Waals surface area contributed by atoms with Gasteiger partial charge in [0.05, 0.1) is 0 Å². The van der Waals surface area contributed by atoms with E-state index in [1.54, 1.807) is 0 Å². The van der Waals surface area contributed by atoms with Gasteiger partial charge in [-0.2, -0.15) is 0 Å². The topological polar surface area (TPSA) is 66.8 Å². The highest BCUT2D eigenvalue weighted by Gasteiger charge is 2.28. The van der Waals surface area contributed by atoms with Crippen molar-refractivity contribution in [3.8, 4) is 5.75 Å². The van der Waals surface area contributed by atoms with Gasteiger partial charge in [-0.25, -0.2) is 4.57 Å². The molecule has 2 N–H and O–H groups in total. The summed E-state index contributed by atoms with van der Waals surface area (Å²) in [7, 11) is -4.57. The molecule has 0 spiro atoms. The van der Waals surface area contributed by atoms with Gasteiger partial charge in [-0.05, 0) is 28.9 Å². The van der Waals surface area contributed by atoms with Crippen molar-refractivity contribution in [2.24, 2.45) is 0 Å². The van der Waals surface area contributed by atoms with E-state index in [1.807, 2.05) is 39.8 Å². The summed E-state index contributed by atoms with van der Waals surface area (Å²) in [6.07, 6.45) is 0. The van der Waals surface area contributed by atoms with E-state index < -0.39 is 7.82 Å². The Morgan fingerprint density at radius 2 is 1.50 bits per heavy atom. The van der Waals surface area contributed by atoms with Crippen LogP contribution in [0.2, 0.25) is 0 Å². The van der Waals surface area contributed by atoms with Crippen molar-refractivity contribution in [3.63, 3.8) is 0 Å². The van der Waals surface area contributed by atoms with Crippen LogP contribution in [0.25, 0.3) is 0 Å². The van der Waals surface area contributed by atoms with Gasteiger partial charge in [-0.15, -0.1) is 0 Å². The van der Waals surface area contributed by atoms with Gasteiger partial charge >= 0.3 is 7.82 Å². The average molecular weight is 300 g/mol. The van der Waals surface area contributed by atoms with Gasteiger partial charge in [0.2, 0.25) is 0 Å². The number of benzene rings is 1. The third-order valence-corrected chi connectivity index (χ3v) is 3.58. The largest absolute Gasteiger partial charge is 0.524 e. The third kappa shape index (κ3) is 4.34. The van der Waals surface area contributed by atoms with E-state index in [-0.39, 0.29) is 10.8 Å². The van der Waals surface area contributed by atoms with Gasteiger partial charge < -0.3 is 4.52 Å². The molecule has 0 fully saturated rings. The van der Waals surface area contributed by atoms with Crippen LogP contribution in [-0.4, -0.2) is 9.79 Å². The summed E-state index contributed by atoms with van der Waals surface area (Å²) in [6.45, 7) is 14.1. The molecular weight excluding hydrogens is 275 g/mol. The van der Waals surface area contributed by atoms with Crippen LogP contribution in [0.15, 0.2) is 12.1 Å². The Hall–Kier alpha value is -0.830. The predicted molar refractivity (Wildman–Crippen MR) is 81.3 cm³/mol. The zero-order chi connectivity index (χ0) is 15.9. The first-order valence-electron chi connectivity index (χ1n) is 6.62. The molecule has 0 aromatic heterocycles. The van der Waals surface area contributed by atoms with Crippen LogP contribution in [0.3, 0.4) is 0 Å². The summed E-state index contributed by atoms with van der Waals surface area (Å²) < 4.78 is 16.1. The molecule has 1 aromatic rings. The van der Waals surface area contributed by atoms with Crippen LogP contribution >= 0.6 is 7.82 Å².